The van der Waals surface area contributed by atoms with E-state index in [9.17, 15) is 4.79 Å². The Bertz CT molecular complexity index is 277. The van der Waals surface area contributed by atoms with Crippen LogP contribution >= 0.6 is 0 Å². The third-order valence-electron chi connectivity index (χ3n) is 4.24. The molecule has 0 aromatic carbocycles. The van der Waals surface area contributed by atoms with Gasteiger partial charge in [0, 0.05) is 12.3 Å². The molecule has 0 saturated heterocycles. The normalized spacial score (nSPS) is 16.8. The molecular formula is C15H32O2Si. The molecule has 0 aromatic rings. The lowest BCUT2D eigenvalue weighted by Crippen LogP contribution is -2.48. The highest BCUT2D eigenvalue weighted by atomic mass is 28.4. The molecule has 0 aliphatic carbocycles. The Morgan fingerprint density at radius 3 is 1.89 bits per heavy atom. The van der Waals surface area contributed by atoms with Gasteiger partial charge in [0.2, 0.25) is 0 Å². The Labute approximate surface area is 115 Å². The largest absolute Gasteiger partial charge is 0.413 e. The first-order valence-electron chi connectivity index (χ1n) is 7.14. The molecule has 0 aliphatic rings. The molecular weight excluding hydrogens is 240 g/mol. The number of ketones is 1. The number of hydrogen-bond donors (Lipinski definition) is 0. The van der Waals surface area contributed by atoms with Crippen molar-refractivity contribution < 1.29 is 9.22 Å². The molecule has 0 fully saturated rings. The van der Waals surface area contributed by atoms with E-state index in [0.717, 1.165) is 0 Å². The molecule has 18 heavy (non-hydrogen) atoms. The van der Waals surface area contributed by atoms with Crippen molar-refractivity contribution in [1.29, 1.82) is 0 Å². The Hall–Kier alpha value is -0.153. The standard InChI is InChI=1S/C15H32O2Si/c1-10-13(16)12(4)14(11(2)3)17-18(8,9)15(5,6)7/h11-12,14H,10H2,1-9H3/t12-,14-/m1/s1. The van der Waals surface area contributed by atoms with Gasteiger partial charge in [-0.1, -0.05) is 48.5 Å². The molecule has 0 bridgehead atoms. The summed E-state index contributed by atoms with van der Waals surface area (Å²) in [6.45, 7) is 19.5. The summed E-state index contributed by atoms with van der Waals surface area (Å²) in [5, 5.41) is 0.190. The monoisotopic (exact) mass is 272 g/mol. The SMILES string of the molecule is CCC(=O)[C@@H](C)[C@H](O[Si](C)(C)C(C)(C)C)C(C)C. The zero-order chi connectivity index (χ0) is 14.7. The molecule has 0 saturated carbocycles. The molecule has 108 valence electrons. The maximum absolute atomic E-state index is 11.9. The van der Waals surface area contributed by atoms with Gasteiger partial charge in [0.15, 0.2) is 8.32 Å². The molecule has 0 radical (unpaired) electrons. The average Bonchev–Trinajstić information content (AvgIpc) is 2.21. The van der Waals surface area contributed by atoms with Crippen LogP contribution in [0.25, 0.3) is 0 Å². The minimum Gasteiger partial charge on any atom is -0.413 e. The second-order valence-corrected chi connectivity index (χ2v) is 12.0. The number of rotatable bonds is 6. The van der Waals surface area contributed by atoms with Gasteiger partial charge in [0.25, 0.3) is 0 Å². The predicted octanol–water partition coefficient (Wildman–Crippen LogP) is 4.65. The van der Waals surface area contributed by atoms with Crippen molar-refractivity contribution in [3.63, 3.8) is 0 Å². The number of Topliss-reactive ketones (excluding diaryl/α,β-unsaturated/α-hetero) is 1. The van der Waals surface area contributed by atoms with Gasteiger partial charge in [-0.2, -0.15) is 0 Å². The summed E-state index contributed by atoms with van der Waals surface area (Å²) in [5.74, 6) is 0.696. The van der Waals surface area contributed by atoms with Crippen LogP contribution in [0.15, 0.2) is 0 Å². The number of carbonyl (C=O) groups is 1. The van der Waals surface area contributed by atoms with Gasteiger partial charge in [-0.25, -0.2) is 0 Å². The fraction of sp³-hybridized carbons (Fsp3) is 0.933. The van der Waals surface area contributed by atoms with Gasteiger partial charge in [0.1, 0.15) is 5.78 Å². The van der Waals surface area contributed by atoms with Crippen molar-refractivity contribution >= 4 is 14.1 Å². The highest BCUT2D eigenvalue weighted by molar-refractivity contribution is 6.74. The first-order valence-corrected chi connectivity index (χ1v) is 10.1. The first kappa shape index (κ1) is 17.8. The third kappa shape index (κ3) is 4.50. The summed E-state index contributed by atoms with van der Waals surface area (Å²) in [4.78, 5) is 11.9. The summed E-state index contributed by atoms with van der Waals surface area (Å²) in [5.41, 5.74) is 0. The van der Waals surface area contributed by atoms with Gasteiger partial charge in [-0.3, -0.25) is 4.79 Å². The number of carbonyl (C=O) groups excluding carboxylic acids is 1. The summed E-state index contributed by atoms with van der Waals surface area (Å²) in [7, 11) is -1.80. The summed E-state index contributed by atoms with van der Waals surface area (Å²) in [6, 6.07) is 0. The summed E-state index contributed by atoms with van der Waals surface area (Å²) in [6.07, 6.45) is 0.656. The Kier molecular flexibility index (Phi) is 6.28. The van der Waals surface area contributed by atoms with Crippen molar-refractivity contribution in [2.24, 2.45) is 11.8 Å². The van der Waals surface area contributed by atoms with Crippen LogP contribution in [0.3, 0.4) is 0 Å². The van der Waals surface area contributed by atoms with Crippen LogP contribution in [0.2, 0.25) is 18.1 Å². The van der Waals surface area contributed by atoms with Crippen molar-refractivity contribution in [3.8, 4) is 0 Å². The van der Waals surface area contributed by atoms with Crippen LogP contribution < -0.4 is 0 Å². The molecule has 2 atom stereocenters. The highest BCUT2D eigenvalue weighted by Gasteiger charge is 2.41. The van der Waals surface area contributed by atoms with Gasteiger partial charge in [0.05, 0.1) is 6.10 Å². The van der Waals surface area contributed by atoms with Crippen LogP contribution in [0.5, 0.6) is 0 Å². The molecule has 0 aliphatic heterocycles. The van der Waals surface area contributed by atoms with E-state index in [-0.39, 0.29) is 17.1 Å². The predicted molar refractivity (Wildman–Crippen MR) is 81.4 cm³/mol. The lowest BCUT2D eigenvalue weighted by atomic mass is 9.90. The maximum Gasteiger partial charge on any atom is 0.192 e. The maximum atomic E-state index is 11.9. The van der Waals surface area contributed by atoms with E-state index in [4.69, 9.17) is 4.43 Å². The van der Waals surface area contributed by atoms with Gasteiger partial charge >= 0.3 is 0 Å². The van der Waals surface area contributed by atoms with E-state index in [2.05, 4.69) is 47.7 Å². The number of hydrogen-bond acceptors (Lipinski definition) is 2. The molecule has 0 N–H and O–H groups in total. The minimum absolute atomic E-state index is 0.00382. The second-order valence-electron chi connectivity index (χ2n) is 7.20. The van der Waals surface area contributed by atoms with Gasteiger partial charge < -0.3 is 4.43 Å². The highest BCUT2D eigenvalue weighted by Crippen LogP contribution is 2.39. The fourth-order valence-corrected chi connectivity index (χ4v) is 3.35. The molecule has 3 heteroatoms. The average molecular weight is 273 g/mol. The van der Waals surface area contributed by atoms with Crippen molar-refractivity contribution in [2.75, 3.05) is 0 Å². The molecule has 0 spiro atoms. The third-order valence-corrected chi connectivity index (χ3v) is 8.72. The second kappa shape index (κ2) is 6.33. The van der Waals surface area contributed by atoms with Crippen LogP contribution in [0, 0.1) is 11.8 Å². The molecule has 0 aromatic heterocycles. The Morgan fingerprint density at radius 1 is 1.17 bits per heavy atom. The van der Waals surface area contributed by atoms with Crippen molar-refractivity contribution in [2.45, 2.75) is 79.1 Å². The zero-order valence-electron chi connectivity index (χ0n) is 13.8. The Morgan fingerprint density at radius 2 is 1.61 bits per heavy atom. The fourth-order valence-electron chi connectivity index (χ4n) is 1.84. The van der Waals surface area contributed by atoms with Gasteiger partial charge in [-0.15, -0.1) is 0 Å². The van der Waals surface area contributed by atoms with Crippen LogP contribution in [-0.4, -0.2) is 20.2 Å². The molecule has 0 unspecified atom stereocenters. The zero-order valence-corrected chi connectivity index (χ0v) is 14.8. The smallest absolute Gasteiger partial charge is 0.192 e. The summed E-state index contributed by atoms with van der Waals surface area (Å²) < 4.78 is 6.47. The Balaban J connectivity index is 5.01. The molecule has 2 nitrogen and oxygen atoms in total. The van der Waals surface area contributed by atoms with Crippen molar-refractivity contribution in [3.05, 3.63) is 0 Å². The van der Waals surface area contributed by atoms with Crippen molar-refractivity contribution in [1.82, 2.24) is 0 Å². The first-order chi connectivity index (χ1) is 7.94. The minimum atomic E-state index is -1.80. The van der Waals surface area contributed by atoms with E-state index < -0.39 is 8.32 Å². The van der Waals surface area contributed by atoms with E-state index in [0.29, 0.717) is 18.1 Å². The van der Waals surface area contributed by atoms with Crippen LogP contribution in [0.4, 0.5) is 0 Å². The van der Waals surface area contributed by atoms with Crippen LogP contribution in [-0.2, 0) is 9.22 Å². The van der Waals surface area contributed by atoms with E-state index in [1.807, 2.05) is 13.8 Å². The van der Waals surface area contributed by atoms with Crippen LogP contribution in [0.1, 0.15) is 54.9 Å². The lowest BCUT2D eigenvalue weighted by molar-refractivity contribution is -0.125. The lowest BCUT2D eigenvalue weighted by Gasteiger charge is -2.42. The quantitative estimate of drug-likeness (QED) is 0.658. The molecule has 0 heterocycles. The van der Waals surface area contributed by atoms with E-state index in [1.54, 1.807) is 0 Å². The van der Waals surface area contributed by atoms with E-state index >= 15 is 0 Å². The van der Waals surface area contributed by atoms with Gasteiger partial charge in [-0.05, 0) is 24.1 Å². The topological polar surface area (TPSA) is 26.3 Å². The summed E-state index contributed by atoms with van der Waals surface area (Å²) >= 11 is 0. The van der Waals surface area contributed by atoms with E-state index in [1.165, 1.54) is 0 Å². The molecule has 0 rings (SSSR count). The molecule has 0 amide bonds.